The molecule has 40 heavy (non-hydrogen) atoms. The molecule has 2 aliphatic rings. The highest BCUT2D eigenvalue weighted by molar-refractivity contribution is 6.04. The third kappa shape index (κ3) is 5.68. The van der Waals surface area contributed by atoms with E-state index in [1.165, 1.54) is 6.92 Å². The van der Waals surface area contributed by atoms with Gasteiger partial charge in [-0.3, -0.25) is 9.59 Å². The molecule has 0 saturated carbocycles. The summed E-state index contributed by atoms with van der Waals surface area (Å²) in [6.07, 6.45) is 0.815. The van der Waals surface area contributed by atoms with E-state index in [1.807, 2.05) is 32.0 Å². The Morgan fingerprint density at radius 3 is 2.23 bits per heavy atom. The molecule has 0 spiro atoms. The van der Waals surface area contributed by atoms with E-state index < -0.39 is 17.9 Å². The zero-order chi connectivity index (χ0) is 29.0. The Hall–Kier alpha value is -4.27. The molecule has 2 aromatic carbocycles. The van der Waals surface area contributed by atoms with Crippen molar-refractivity contribution in [3.63, 3.8) is 0 Å². The number of ketones is 1. The van der Waals surface area contributed by atoms with E-state index in [2.05, 4.69) is 5.32 Å². The minimum Gasteiger partial charge on any atom is -0.493 e. The summed E-state index contributed by atoms with van der Waals surface area (Å²) < 4.78 is 27.4. The van der Waals surface area contributed by atoms with Crippen molar-refractivity contribution in [2.45, 2.75) is 52.4 Å². The fraction of sp³-hybridized carbons (Fsp3) is 0.387. The molecular formula is C31H35NO8. The third-order valence-corrected chi connectivity index (χ3v) is 7.06. The van der Waals surface area contributed by atoms with Crippen LogP contribution in [0.2, 0.25) is 0 Å². The smallest absolute Gasteiger partial charge is 0.336 e. The lowest BCUT2D eigenvalue weighted by molar-refractivity contribution is -0.139. The second kappa shape index (κ2) is 12.3. The van der Waals surface area contributed by atoms with E-state index >= 15 is 0 Å². The third-order valence-electron chi connectivity index (χ3n) is 7.06. The fourth-order valence-electron chi connectivity index (χ4n) is 5.41. The second-order valence-electron chi connectivity index (χ2n) is 9.58. The van der Waals surface area contributed by atoms with Gasteiger partial charge in [-0.2, -0.15) is 0 Å². The predicted octanol–water partition coefficient (Wildman–Crippen LogP) is 4.95. The van der Waals surface area contributed by atoms with Crippen molar-refractivity contribution in [2.24, 2.45) is 0 Å². The lowest BCUT2D eigenvalue weighted by Gasteiger charge is -2.37. The molecule has 4 rings (SSSR count). The number of nitrogens with one attached hydrogen (secondary N) is 1. The van der Waals surface area contributed by atoms with Gasteiger partial charge in [0.15, 0.2) is 28.8 Å². The molecule has 0 radical (unpaired) electrons. The van der Waals surface area contributed by atoms with Crippen molar-refractivity contribution < 1.29 is 38.1 Å². The molecule has 1 aliphatic heterocycles. The van der Waals surface area contributed by atoms with E-state index in [9.17, 15) is 14.4 Å². The monoisotopic (exact) mass is 549 g/mol. The van der Waals surface area contributed by atoms with Crippen LogP contribution in [0.3, 0.4) is 0 Å². The Morgan fingerprint density at radius 2 is 1.57 bits per heavy atom. The number of allylic oxidation sites excluding steroid dienone is 3. The number of benzene rings is 2. The van der Waals surface area contributed by atoms with Crippen molar-refractivity contribution in [3.8, 4) is 23.0 Å². The molecule has 1 N–H and O–H groups in total. The van der Waals surface area contributed by atoms with Gasteiger partial charge in [-0.25, -0.2) is 4.79 Å². The summed E-state index contributed by atoms with van der Waals surface area (Å²) >= 11 is 0. The first-order chi connectivity index (χ1) is 19.2. The zero-order valence-corrected chi connectivity index (χ0v) is 23.7. The van der Waals surface area contributed by atoms with Crippen LogP contribution in [0.1, 0.15) is 63.5 Å². The number of Topliss-reactive ketones (excluding diaryl/α,β-unsaturated/α-hetero) is 1. The minimum atomic E-state index is -0.681. The number of dihydropyridines is 1. The fourth-order valence-corrected chi connectivity index (χ4v) is 5.41. The van der Waals surface area contributed by atoms with E-state index in [0.717, 1.165) is 11.3 Å². The molecule has 2 atom stereocenters. The maximum absolute atomic E-state index is 13.9. The lowest BCUT2D eigenvalue weighted by Crippen LogP contribution is -2.36. The molecule has 9 heteroatoms. The van der Waals surface area contributed by atoms with Crippen LogP contribution in [0.4, 0.5) is 0 Å². The van der Waals surface area contributed by atoms with Gasteiger partial charge in [-0.1, -0.05) is 12.1 Å². The van der Waals surface area contributed by atoms with E-state index in [1.54, 1.807) is 39.3 Å². The average molecular weight is 550 g/mol. The van der Waals surface area contributed by atoms with Crippen LogP contribution in [-0.4, -0.2) is 45.2 Å². The summed E-state index contributed by atoms with van der Waals surface area (Å²) in [5.41, 5.74) is 3.87. The SMILES string of the molecule is CCOC(=O)C1=C(C)NC2=C(C(=O)C[C@@H](c3ccc(OC)c(OC)c3)C2)[C@@H]1c1ccc(OC(C)=O)c(OCC)c1. The van der Waals surface area contributed by atoms with Gasteiger partial charge < -0.3 is 29.0 Å². The molecule has 0 unspecified atom stereocenters. The van der Waals surface area contributed by atoms with Gasteiger partial charge in [0.05, 0.1) is 33.0 Å². The Bertz CT molecular complexity index is 1390. The molecule has 0 amide bonds. The highest BCUT2D eigenvalue weighted by Gasteiger charge is 2.41. The maximum Gasteiger partial charge on any atom is 0.336 e. The zero-order valence-electron chi connectivity index (χ0n) is 23.7. The molecule has 0 fully saturated rings. The van der Waals surface area contributed by atoms with Gasteiger partial charge >= 0.3 is 11.9 Å². The van der Waals surface area contributed by atoms with Crippen molar-refractivity contribution in [3.05, 3.63) is 70.1 Å². The number of rotatable bonds is 9. The van der Waals surface area contributed by atoms with Crippen LogP contribution in [0.15, 0.2) is 58.9 Å². The van der Waals surface area contributed by atoms with Crippen LogP contribution in [0.5, 0.6) is 23.0 Å². The van der Waals surface area contributed by atoms with E-state index in [0.29, 0.717) is 52.7 Å². The van der Waals surface area contributed by atoms with Crippen LogP contribution < -0.4 is 24.3 Å². The molecule has 2 aromatic rings. The van der Waals surface area contributed by atoms with E-state index in [4.69, 9.17) is 23.7 Å². The summed E-state index contributed by atoms with van der Waals surface area (Å²) in [6.45, 7) is 7.22. The highest BCUT2D eigenvalue weighted by atomic mass is 16.6. The largest absolute Gasteiger partial charge is 0.493 e. The van der Waals surface area contributed by atoms with Gasteiger partial charge in [0.25, 0.3) is 0 Å². The first-order valence-corrected chi connectivity index (χ1v) is 13.3. The first-order valence-electron chi connectivity index (χ1n) is 13.3. The Balaban J connectivity index is 1.81. The van der Waals surface area contributed by atoms with Gasteiger partial charge in [-0.05, 0) is 68.5 Å². The molecular weight excluding hydrogens is 514 g/mol. The normalized spacial score (nSPS) is 18.5. The van der Waals surface area contributed by atoms with Gasteiger partial charge in [0.2, 0.25) is 0 Å². The predicted molar refractivity (Wildman–Crippen MR) is 148 cm³/mol. The second-order valence-corrected chi connectivity index (χ2v) is 9.58. The Labute approximate surface area is 234 Å². The average Bonchev–Trinajstić information content (AvgIpc) is 2.92. The number of hydrogen-bond acceptors (Lipinski definition) is 9. The Morgan fingerprint density at radius 1 is 0.900 bits per heavy atom. The van der Waals surface area contributed by atoms with Crippen molar-refractivity contribution in [1.29, 1.82) is 0 Å². The van der Waals surface area contributed by atoms with Gasteiger partial charge in [0.1, 0.15) is 0 Å². The lowest BCUT2D eigenvalue weighted by atomic mass is 9.71. The quantitative estimate of drug-likeness (QED) is 0.343. The van der Waals surface area contributed by atoms with Gasteiger partial charge in [0, 0.05) is 36.2 Å². The van der Waals surface area contributed by atoms with E-state index in [-0.39, 0.29) is 30.5 Å². The number of hydrogen-bond donors (Lipinski definition) is 1. The molecule has 0 bridgehead atoms. The Kier molecular flexibility index (Phi) is 8.82. The molecule has 212 valence electrons. The van der Waals surface area contributed by atoms with Crippen LogP contribution in [0, 0.1) is 0 Å². The highest BCUT2D eigenvalue weighted by Crippen LogP contribution is 2.47. The standard InChI is InChI=1S/C31H35NO8/c1-7-38-27-16-20(10-12-25(27)40-18(4)33)29-28(31(35)39-8-2)17(3)32-22-13-21(14-23(34)30(22)29)19-9-11-24(36-5)26(15-19)37-6/h9-12,15-16,21,29,32H,7-8,13-14H2,1-6H3/t21-,29+/m0/s1. The number of esters is 2. The number of carbonyl (C=O) groups is 3. The number of methoxy groups -OCH3 is 2. The minimum absolute atomic E-state index is 0.0742. The van der Waals surface area contributed by atoms with Gasteiger partial charge in [-0.15, -0.1) is 0 Å². The number of carbonyl (C=O) groups excluding carboxylic acids is 3. The first kappa shape index (κ1) is 28.7. The summed E-state index contributed by atoms with van der Waals surface area (Å²) in [7, 11) is 3.16. The molecule has 0 aromatic heterocycles. The molecule has 1 heterocycles. The van der Waals surface area contributed by atoms with Crippen molar-refractivity contribution >= 4 is 17.7 Å². The number of ether oxygens (including phenoxy) is 5. The van der Waals surface area contributed by atoms with Crippen molar-refractivity contribution in [1.82, 2.24) is 5.32 Å². The maximum atomic E-state index is 13.9. The summed E-state index contributed by atoms with van der Waals surface area (Å²) in [5, 5.41) is 3.35. The van der Waals surface area contributed by atoms with Crippen LogP contribution in [-0.2, 0) is 19.1 Å². The topological polar surface area (TPSA) is 109 Å². The van der Waals surface area contributed by atoms with Crippen molar-refractivity contribution in [2.75, 3.05) is 27.4 Å². The summed E-state index contributed by atoms with van der Waals surface area (Å²) in [5.74, 6) is -0.00142. The molecule has 1 aliphatic carbocycles. The molecule has 9 nitrogen and oxygen atoms in total. The van der Waals surface area contributed by atoms with Crippen LogP contribution in [0.25, 0.3) is 0 Å². The summed E-state index contributed by atoms with van der Waals surface area (Å²) in [6, 6.07) is 10.8. The molecule has 0 saturated heterocycles. The van der Waals surface area contributed by atoms with Crippen LogP contribution >= 0.6 is 0 Å². The summed E-state index contributed by atoms with van der Waals surface area (Å²) in [4.78, 5) is 38.8.